The molecule has 0 saturated heterocycles. The lowest BCUT2D eigenvalue weighted by Crippen LogP contribution is -2.29. The van der Waals surface area contributed by atoms with Crippen molar-refractivity contribution < 1.29 is 19.1 Å². The summed E-state index contributed by atoms with van der Waals surface area (Å²) < 4.78 is 9.33. The van der Waals surface area contributed by atoms with E-state index in [0.29, 0.717) is 12.8 Å². The summed E-state index contributed by atoms with van der Waals surface area (Å²) >= 11 is 0. The van der Waals surface area contributed by atoms with Gasteiger partial charge in [0, 0.05) is 6.92 Å². The first-order chi connectivity index (χ1) is 6.46. The summed E-state index contributed by atoms with van der Waals surface area (Å²) in [5.74, 6) is -0.767. The molecule has 0 amide bonds. The van der Waals surface area contributed by atoms with Crippen LogP contribution >= 0.6 is 0 Å². The molecule has 0 aliphatic carbocycles. The van der Waals surface area contributed by atoms with Crippen molar-refractivity contribution in [3.05, 3.63) is 0 Å². The number of ether oxygens (including phenoxy) is 2. The quantitative estimate of drug-likeness (QED) is 0.504. The average molecular weight is 202 g/mol. The zero-order chi connectivity index (χ0) is 11.2. The number of hydrogen-bond acceptors (Lipinski definition) is 4. The first kappa shape index (κ1) is 12.9. The van der Waals surface area contributed by atoms with E-state index in [1.54, 1.807) is 0 Å². The van der Waals surface area contributed by atoms with Crippen LogP contribution < -0.4 is 0 Å². The minimum atomic E-state index is -0.472. The normalized spacial score (nSPS) is 10.9. The first-order valence-electron chi connectivity index (χ1n) is 4.77. The van der Waals surface area contributed by atoms with Crippen LogP contribution in [0.2, 0.25) is 0 Å². The van der Waals surface area contributed by atoms with Crippen molar-refractivity contribution in [1.29, 1.82) is 0 Å². The average Bonchev–Trinajstić information content (AvgIpc) is 2.15. The van der Waals surface area contributed by atoms with Crippen molar-refractivity contribution >= 4 is 11.9 Å². The Morgan fingerprint density at radius 3 is 2.00 bits per heavy atom. The minimum Gasteiger partial charge on any atom is -0.428 e. The molecule has 4 nitrogen and oxygen atoms in total. The van der Waals surface area contributed by atoms with Gasteiger partial charge in [-0.05, 0) is 19.8 Å². The van der Waals surface area contributed by atoms with Gasteiger partial charge in [-0.1, -0.05) is 13.8 Å². The SMILES string of the molecule is CCC(C)(CC)C(=O)OCOC(C)=O. The smallest absolute Gasteiger partial charge is 0.314 e. The third kappa shape index (κ3) is 3.77. The maximum absolute atomic E-state index is 11.5. The largest absolute Gasteiger partial charge is 0.428 e. The van der Waals surface area contributed by atoms with Gasteiger partial charge in [0.2, 0.25) is 6.79 Å². The molecule has 0 aliphatic rings. The van der Waals surface area contributed by atoms with E-state index in [4.69, 9.17) is 4.74 Å². The van der Waals surface area contributed by atoms with Crippen molar-refractivity contribution in [2.45, 2.75) is 40.5 Å². The molecule has 0 radical (unpaired) electrons. The van der Waals surface area contributed by atoms with Crippen LogP contribution in [0.4, 0.5) is 0 Å². The topological polar surface area (TPSA) is 52.6 Å². The molecule has 4 heteroatoms. The predicted molar refractivity (Wildman–Crippen MR) is 51.4 cm³/mol. The number of carbonyl (C=O) groups excluding carboxylic acids is 2. The van der Waals surface area contributed by atoms with Crippen molar-refractivity contribution in [3.63, 3.8) is 0 Å². The van der Waals surface area contributed by atoms with E-state index in [9.17, 15) is 9.59 Å². The third-order valence-corrected chi connectivity index (χ3v) is 2.51. The van der Waals surface area contributed by atoms with Crippen LogP contribution in [-0.2, 0) is 19.1 Å². The molecule has 0 fully saturated rings. The molecular weight excluding hydrogens is 184 g/mol. The highest BCUT2D eigenvalue weighted by atomic mass is 16.7. The standard InChI is InChI=1S/C10H18O4/c1-5-10(4,6-2)9(12)14-7-13-8(3)11/h5-7H2,1-4H3. The van der Waals surface area contributed by atoms with E-state index >= 15 is 0 Å². The highest BCUT2D eigenvalue weighted by Crippen LogP contribution is 2.26. The summed E-state index contributed by atoms with van der Waals surface area (Å²) in [6.07, 6.45) is 1.42. The molecule has 0 aromatic carbocycles. The van der Waals surface area contributed by atoms with E-state index in [2.05, 4.69) is 4.74 Å². The maximum Gasteiger partial charge on any atom is 0.314 e. The second-order valence-electron chi connectivity index (χ2n) is 3.45. The molecule has 0 N–H and O–H groups in total. The summed E-state index contributed by atoms with van der Waals surface area (Å²) in [4.78, 5) is 21.9. The summed E-state index contributed by atoms with van der Waals surface area (Å²) in [5.41, 5.74) is -0.472. The van der Waals surface area contributed by atoms with Crippen LogP contribution in [0.15, 0.2) is 0 Å². The second kappa shape index (κ2) is 5.62. The van der Waals surface area contributed by atoms with Crippen LogP contribution in [0.3, 0.4) is 0 Å². The molecule has 0 saturated carbocycles. The summed E-state index contributed by atoms with van der Waals surface area (Å²) in [6.45, 7) is 6.67. The molecule has 0 rings (SSSR count). The van der Waals surface area contributed by atoms with Gasteiger partial charge in [-0.15, -0.1) is 0 Å². The van der Waals surface area contributed by atoms with E-state index in [0.717, 1.165) is 0 Å². The Morgan fingerprint density at radius 1 is 1.14 bits per heavy atom. The van der Waals surface area contributed by atoms with Crippen molar-refractivity contribution in [3.8, 4) is 0 Å². The van der Waals surface area contributed by atoms with Crippen molar-refractivity contribution in [1.82, 2.24) is 0 Å². The Hall–Kier alpha value is -1.06. The van der Waals surface area contributed by atoms with Gasteiger partial charge < -0.3 is 9.47 Å². The first-order valence-corrected chi connectivity index (χ1v) is 4.77. The number of hydrogen-bond donors (Lipinski definition) is 0. The van der Waals surface area contributed by atoms with E-state index in [1.165, 1.54) is 6.92 Å². The van der Waals surface area contributed by atoms with E-state index in [1.807, 2.05) is 20.8 Å². The van der Waals surface area contributed by atoms with Gasteiger partial charge in [0.05, 0.1) is 5.41 Å². The molecule has 0 heterocycles. The minimum absolute atomic E-state index is 0.288. The zero-order valence-electron chi connectivity index (χ0n) is 9.25. The lowest BCUT2D eigenvalue weighted by molar-refractivity contribution is -0.173. The van der Waals surface area contributed by atoms with Crippen LogP contribution in [-0.4, -0.2) is 18.7 Å². The predicted octanol–water partition coefficient (Wildman–Crippen LogP) is 1.88. The van der Waals surface area contributed by atoms with Gasteiger partial charge in [0.1, 0.15) is 0 Å². The molecule has 0 aromatic heterocycles. The van der Waals surface area contributed by atoms with Gasteiger partial charge in [-0.25, -0.2) is 0 Å². The Morgan fingerprint density at radius 2 is 1.64 bits per heavy atom. The molecule has 14 heavy (non-hydrogen) atoms. The van der Waals surface area contributed by atoms with Gasteiger partial charge in [0.15, 0.2) is 0 Å². The molecule has 0 unspecified atom stereocenters. The van der Waals surface area contributed by atoms with Gasteiger partial charge >= 0.3 is 11.9 Å². The molecule has 0 spiro atoms. The summed E-state index contributed by atoms with van der Waals surface area (Å²) in [7, 11) is 0. The lowest BCUT2D eigenvalue weighted by Gasteiger charge is -2.23. The summed E-state index contributed by atoms with van der Waals surface area (Å²) in [6, 6.07) is 0. The molecule has 0 aromatic rings. The van der Waals surface area contributed by atoms with Gasteiger partial charge in [-0.2, -0.15) is 0 Å². The monoisotopic (exact) mass is 202 g/mol. The van der Waals surface area contributed by atoms with Crippen LogP contribution in [0.25, 0.3) is 0 Å². The Kier molecular flexibility index (Phi) is 5.20. The molecular formula is C10H18O4. The Balaban J connectivity index is 4.00. The van der Waals surface area contributed by atoms with E-state index in [-0.39, 0.29) is 12.8 Å². The number of esters is 2. The fourth-order valence-corrected chi connectivity index (χ4v) is 0.879. The third-order valence-electron chi connectivity index (χ3n) is 2.51. The van der Waals surface area contributed by atoms with Crippen molar-refractivity contribution in [2.75, 3.05) is 6.79 Å². The fraction of sp³-hybridized carbons (Fsp3) is 0.800. The summed E-state index contributed by atoms with van der Waals surface area (Å²) in [5, 5.41) is 0. The lowest BCUT2D eigenvalue weighted by atomic mass is 9.85. The second-order valence-corrected chi connectivity index (χ2v) is 3.45. The van der Waals surface area contributed by atoms with Crippen LogP contribution in [0, 0.1) is 5.41 Å². The highest BCUT2D eigenvalue weighted by molar-refractivity contribution is 5.76. The Labute approximate surface area is 84.6 Å². The van der Waals surface area contributed by atoms with Crippen LogP contribution in [0.1, 0.15) is 40.5 Å². The maximum atomic E-state index is 11.5. The van der Waals surface area contributed by atoms with Gasteiger partial charge in [-0.3, -0.25) is 9.59 Å². The molecule has 0 bridgehead atoms. The molecule has 0 atom stereocenters. The highest BCUT2D eigenvalue weighted by Gasteiger charge is 2.30. The number of carbonyl (C=O) groups is 2. The Bertz CT molecular complexity index is 206. The molecule has 0 aliphatic heterocycles. The van der Waals surface area contributed by atoms with Crippen molar-refractivity contribution in [2.24, 2.45) is 5.41 Å². The molecule has 82 valence electrons. The zero-order valence-corrected chi connectivity index (χ0v) is 9.25. The van der Waals surface area contributed by atoms with E-state index < -0.39 is 11.4 Å². The van der Waals surface area contributed by atoms with Crippen LogP contribution in [0.5, 0.6) is 0 Å². The number of rotatable bonds is 5. The van der Waals surface area contributed by atoms with Gasteiger partial charge in [0.25, 0.3) is 0 Å². The fourth-order valence-electron chi connectivity index (χ4n) is 0.879.